The van der Waals surface area contributed by atoms with Gasteiger partial charge in [0.25, 0.3) is 0 Å². The standard InChI is InChI=1S/C16H22N2S2/c1-12-6-5-9-16(10-12)11-20-15(18-16)17-13-7-3-4-8-14(13)19-2/h3-4,7-8,12H,5-6,9-11H2,1-2H3,(H,17,18). The van der Waals surface area contributed by atoms with E-state index in [4.69, 9.17) is 4.99 Å². The Balaban J connectivity index is 1.75. The highest BCUT2D eigenvalue weighted by molar-refractivity contribution is 8.14. The lowest BCUT2D eigenvalue weighted by molar-refractivity contribution is 0.266. The molecule has 2 aliphatic rings. The van der Waals surface area contributed by atoms with Crippen LogP contribution >= 0.6 is 23.5 Å². The Morgan fingerprint density at radius 2 is 2.25 bits per heavy atom. The van der Waals surface area contributed by atoms with Crippen LogP contribution in [-0.2, 0) is 0 Å². The summed E-state index contributed by atoms with van der Waals surface area (Å²) in [6.45, 7) is 2.37. The van der Waals surface area contributed by atoms with Crippen molar-refractivity contribution in [3.05, 3.63) is 24.3 Å². The van der Waals surface area contributed by atoms with Crippen molar-refractivity contribution in [2.24, 2.45) is 10.9 Å². The van der Waals surface area contributed by atoms with Gasteiger partial charge in [0.1, 0.15) is 0 Å². The summed E-state index contributed by atoms with van der Waals surface area (Å²) >= 11 is 3.67. The average molecular weight is 306 g/mol. The number of nitrogens with one attached hydrogen (secondary N) is 1. The molecule has 2 unspecified atom stereocenters. The van der Waals surface area contributed by atoms with E-state index in [1.165, 1.54) is 36.3 Å². The third kappa shape index (κ3) is 3.01. The maximum absolute atomic E-state index is 5.06. The summed E-state index contributed by atoms with van der Waals surface area (Å²) in [6.07, 6.45) is 7.35. The lowest BCUT2D eigenvalue weighted by Crippen LogP contribution is -2.33. The number of aliphatic imine (C=N–C) groups is 1. The van der Waals surface area contributed by atoms with Crippen molar-refractivity contribution < 1.29 is 0 Å². The Morgan fingerprint density at radius 1 is 1.40 bits per heavy atom. The zero-order chi connectivity index (χ0) is 14.0. The molecule has 1 aromatic rings. The van der Waals surface area contributed by atoms with Gasteiger partial charge in [-0.1, -0.05) is 43.7 Å². The number of rotatable bonds is 2. The number of hydrogen-bond donors (Lipinski definition) is 1. The van der Waals surface area contributed by atoms with Gasteiger partial charge in [-0.05, 0) is 37.1 Å². The van der Waals surface area contributed by atoms with E-state index in [-0.39, 0.29) is 5.54 Å². The third-order valence-corrected chi connectivity index (χ3v) is 6.18. The Hall–Kier alpha value is -0.610. The topological polar surface area (TPSA) is 24.4 Å². The molecule has 1 aliphatic carbocycles. The molecule has 1 spiro atoms. The Kier molecular flexibility index (Phi) is 4.32. The molecule has 0 bridgehead atoms. The molecule has 2 nitrogen and oxygen atoms in total. The van der Waals surface area contributed by atoms with Crippen LogP contribution in [0.25, 0.3) is 0 Å². The van der Waals surface area contributed by atoms with Crippen molar-refractivity contribution in [2.45, 2.75) is 43.0 Å². The second-order valence-corrected chi connectivity index (χ2v) is 7.77. The van der Waals surface area contributed by atoms with Gasteiger partial charge in [-0.25, -0.2) is 0 Å². The van der Waals surface area contributed by atoms with Gasteiger partial charge in [0, 0.05) is 10.6 Å². The molecule has 3 rings (SSSR count). The molecule has 4 heteroatoms. The Bertz CT molecular complexity index is 515. The van der Waals surface area contributed by atoms with Crippen LogP contribution < -0.4 is 5.32 Å². The highest BCUT2D eigenvalue weighted by atomic mass is 32.2. The first-order valence-corrected chi connectivity index (χ1v) is 9.54. The van der Waals surface area contributed by atoms with E-state index in [9.17, 15) is 0 Å². The van der Waals surface area contributed by atoms with E-state index >= 15 is 0 Å². The van der Waals surface area contributed by atoms with Gasteiger partial charge in [-0.15, -0.1) is 11.8 Å². The lowest BCUT2D eigenvalue weighted by atomic mass is 9.78. The third-order valence-electron chi connectivity index (χ3n) is 4.23. The Morgan fingerprint density at radius 3 is 3.05 bits per heavy atom. The fourth-order valence-corrected chi connectivity index (χ4v) is 5.00. The predicted octanol–water partition coefficient (Wildman–Crippen LogP) is 4.87. The molecule has 1 saturated carbocycles. The van der Waals surface area contributed by atoms with E-state index in [0.29, 0.717) is 0 Å². The van der Waals surface area contributed by atoms with Crippen molar-refractivity contribution in [3.8, 4) is 0 Å². The second kappa shape index (κ2) is 6.02. The normalized spacial score (nSPS) is 29.5. The van der Waals surface area contributed by atoms with Crippen molar-refractivity contribution in [1.29, 1.82) is 0 Å². The number of para-hydroxylation sites is 1. The van der Waals surface area contributed by atoms with Crippen LogP contribution in [0.5, 0.6) is 0 Å². The summed E-state index contributed by atoms with van der Waals surface area (Å²) in [5.74, 6) is 1.98. The van der Waals surface area contributed by atoms with Crippen LogP contribution in [-0.4, -0.2) is 22.7 Å². The molecule has 0 aromatic heterocycles. The van der Waals surface area contributed by atoms with Crippen LogP contribution in [0.1, 0.15) is 32.6 Å². The van der Waals surface area contributed by atoms with E-state index in [1.807, 2.05) is 11.8 Å². The van der Waals surface area contributed by atoms with Crippen molar-refractivity contribution in [2.75, 3.05) is 17.3 Å². The summed E-state index contributed by atoms with van der Waals surface area (Å²) in [7, 11) is 0. The van der Waals surface area contributed by atoms with Gasteiger partial charge in [0.05, 0.1) is 11.2 Å². The SMILES string of the molecule is CSc1ccccc1NC1=NC2(CCCC(C)C2)CS1. The first kappa shape index (κ1) is 14.3. The Labute approximate surface area is 130 Å². The largest absolute Gasteiger partial charge is 0.334 e. The number of nitrogens with zero attached hydrogens (tertiary/aromatic N) is 1. The molecule has 20 heavy (non-hydrogen) atoms. The molecular weight excluding hydrogens is 284 g/mol. The lowest BCUT2D eigenvalue weighted by Gasteiger charge is -2.33. The zero-order valence-corrected chi connectivity index (χ0v) is 13.8. The molecule has 1 N–H and O–H groups in total. The number of amidine groups is 1. The first-order chi connectivity index (χ1) is 9.71. The fourth-order valence-electron chi connectivity index (χ4n) is 3.27. The summed E-state index contributed by atoms with van der Waals surface area (Å²) in [5.41, 5.74) is 1.41. The molecule has 0 saturated heterocycles. The molecule has 1 aromatic carbocycles. The highest BCUT2D eigenvalue weighted by Crippen LogP contribution is 2.42. The molecule has 108 valence electrons. The van der Waals surface area contributed by atoms with Gasteiger partial charge >= 0.3 is 0 Å². The molecule has 0 radical (unpaired) electrons. The molecule has 0 amide bonds. The minimum atomic E-state index is 0.221. The van der Waals surface area contributed by atoms with Crippen LogP contribution in [0, 0.1) is 5.92 Å². The van der Waals surface area contributed by atoms with Crippen molar-refractivity contribution in [1.82, 2.24) is 0 Å². The maximum atomic E-state index is 5.06. The molecule has 1 fully saturated rings. The van der Waals surface area contributed by atoms with Crippen LogP contribution in [0.4, 0.5) is 5.69 Å². The summed E-state index contributed by atoms with van der Waals surface area (Å²) in [6, 6.07) is 8.47. The van der Waals surface area contributed by atoms with Gasteiger partial charge in [-0.2, -0.15) is 0 Å². The molecule has 1 aliphatic heterocycles. The molecule has 2 atom stereocenters. The van der Waals surface area contributed by atoms with Gasteiger partial charge < -0.3 is 5.32 Å². The monoisotopic (exact) mass is 306 g/mol. The van der Waals surface area contributed by atoms with Crippen LogP contribution in [0.15, 0.2) is 34.2 Å². The van der Waals surface area contributed by atoms with Crippen LogP contribution in [0.2, 0.25) is 0 Å². The summed E-state index contributed by atoms with van der Waals surface area (Å²) in [5, 5.41) is 4.65. The van der Waals surface area contributed by atoms with E-state index in [0.717, 1.165) is 16.8 Å². The maximum Gasteiger partial charge on any atom is 0.161 e. The molecular formula is C16H22N2S2. The minimum absolute atomic E-state index is 0.221. The van der Waals surface area contributed by atoms with E-state index in [1.54, 1.807) is 11.8 Å². The molecule has 1 heterocycles. The smallest absolute Gasteiger partial charge is 0.161 e. The fraction of sp³-hybridized carbons (Fsp3) is 0.562. The zero-order valence-electron chi connectivity index (χ0n) is 12.2. The van der Waals surface area contributed by atoms with Gasteiger partial charge in [0.2, 0.25) is 0 Å². The minimum Gasteiger partial charge on any atom is -0.334 e. The number of hydrogen-bond acceptors (Lipinski definition) is 4. The predicted molar refractivity (Wildman–Crippen MR) is 92.1 cm³/mol. The van der Waals surface area contributed by atoms with Crippen molar-refractivity contribution >= 4 is 34.4 Å². The van der Waals surface area contributed by atoms with E-state index < -0.39 is 0 Å². The van der Waals surface area contributed by atoms with E-state index in [2.05, 4.69) is 42.8 Å². The average Bonchev–Trinajstić information content (AvgIpc) is 2.81. The second-order valence-electron chi connectivity index (χ2n) is 5.96. The van der Waals surface area contributed by atoms with Crippen molar-refractivity contribution in [3.63, 3.8) is 0 Å². The summed E-state index contributed by atoms with van der Waals surface area (Å²) < 4.78 is 0. The van der Waals surface area contributed by atoms with Gasteiger partial charge in [-0.3, -0.25) is 4.99 Å². The number of anilines is 1. The van der Waals surface area contributed by atoms with Gasteiger partial charge in [0.15, 0.2) is 5.17 Å². The number of thioether (sulfide) groups is 2. The number of benzene rings is 1. The quantitative estimate of drug-likeness (QED) is 0.789. The van der Waals surface area contributed by atoms with Crippen LogP contribution in [0.3, 0.4) is 0 Å². The summed E-state index contributed by atoms with van der Waals surface area (Å²) in [4.78, 5) is 6.35. The highest BCUT2D eigenvalue weighted by Gasteiger charge is 2.39. The first-order valence-electron chi connectivity index (χ1n) is 7.33.